The van der Waals surface area contributed by atoms with Crippen LogP contribution in [0.15, 0.2) is 48.5 Å². The number of carbonyl (C=O) groups excluding carboxylic acids is 2. The van der Waals surface area contributed by atoms with Crippen LogP contribution in [-0.2, 0) is 9.59 Å². The molecular weight excluding hydrogens is 360 g/mol. The summed E-state index contributed by atoms with van der Waals surface area (Å²) in [5.41, 5.74) is 1.94. The van der Waals surface area contributed by atoms with E-state index in [9.17, 15) is 14.4 Å². The van der Waals surface area contributed by atoms with E-state index in [0.29, 0.717) is 11.3 Å². The van der Waals surface area contributed by atoms with Gasteiger partial charge in [-0.2, -0.15) is 0 Å². The molecule has 148 valence electrons. The number of ether oxygens (including phenoxy) is 1. The van der Waals surface area contributed by atoms with Gasteiger partial charge in [0.05, 0.1) is 13.5 Å². The normalized spacial score (nSPS) is 11.4. The van der Waals surface area contributed by atoms with Crippen molar-refractivity contribution in [3.63, 3.8) is 0 Å². The van der Waals surface area contributed by atoms with Gasteiger partial charge < -0.3 is 20.5 Å². The van der Waals surface area contributed by atoms with E-state index in [-0.39, 0.29) is 37.1 Å². The second kappa shape index (κ2) is 10.1. The van der Waals surface area contributed by atoms with E-state index in [0.717, 1.165) is 11.3 Å². The first-order chi connectivity index (χ1) is 13.4. The van der Waals surface area contributed by atoms with Gasteiger partial charge >= 0.3 is 5.97 Å². The van der Waals surface area contributed by atoms with E-state index in [1.807, 2.05) is 31.2 Å². The molecule has 2 amide bonds. The topological polar surface area (TPSA) is 105 Å². The van der Waals surface area contributed by atoms with Gasteiger partial charge in [-0.1, -0.05) is 25.1 Å². The fraction of sp³-hybridized carbons (Fsp3) is 0.286. The van der Waals surface area contributed by atoms with E-state index in [1.54, 1.807) is 31.4 Å². The Kier molecular flexibility index (Phi) is 7.56. The number of carbonyl (C=O) groups is 3. The summed E-state index contributed by atoms with van der Waals surface area (Å²) in [5, 5.41) is 13.9. The van der Waals surface area contributed by atoms with Crippen LogP contribution in [0, 0.1) is 0 Å². The van der Waals surface area contributed by atoms with Crippen LogP contribution < -0.4 is 15.4 Å². The lowest BCUT2D eigenvalue weighted by Gasteiger charge is -2.15. The number of rotatable bonds is 9. The second-order valence-electron chi connectivity index (χ2n) is 6.37. The predicted molar refractivity (Wildman–Crippen MR) is 106 cm³/mol. The minimum atomic E-state index is -0.972. The largest absolute Gasteiger partial charge is 0.496 e. The van der Waals surface area contributed by atoms with Crippen molar-refractivity contribution < 1.29 is 24.2 Å². The number of amides is 2. The van der Waals surface area contributed by atoms with E-state index in [1.165, 1.54) is 0 Å². The molecule has 1 atom stereocenters. The van der Waals surface area contributed by atoms with Crippen LogP contribution in [0.1, 0.15) is 41.6 Å². The smallest absolute Gasteiger partial charge is 0.305 e. The molecule has 0 aliphatic carbocycles. The Morgan fingerprint density at radius 1 is 1.07 bits per heavy atom. The Morgan fingerprint density at radius 2 is 1.75 bits per heavy atom. The van der Waals surface area contributed by atoms with Gasteiger partial charge in [0.1, 0.15) is 5.75 Å². The first-order valence-corrected chi connectivity index (χ1v) is 8.93. The van der Waals surface area contributed by atoms with Crippen LogP contribution in [-0.4, -0.2) is 36.5 Å². The first kappa shape index (κ1) is 21.0. The molecule has 0 radical (unpaired) electrons. The van der Waals surface area contributed by atoms with Crippen LogP contribution in [0.4, 0.5) is 5.69 Å². The third-order valence-corrected chi connectivity index (χ3v) is 4.22. The van der Waals surface area contributed by atoms with Gasteiger partial charge in [0.25, 0.3) is 5.91 Å². The van der Waals surface area contributed by atoms with Gasteiger partial charge in [-0.25, -0.2) is 0 Å². The molecule has 0 saturated heterocycles. The predicted octanol–water partition coefficient (Wildman–Crippen LogP) is 3.03. The number of nitrogens with one attached hydrogen (secondary N) is 2. The number of hydrogen-bond donors (Lipinski definition) is 3. The lowest BCUT2D eigenvalue weighted by Crippen LogP contribution is -2.25. The minimum Gasteiger partial charge on any atom is -0.496 e. The molecule has 28 heavy (non-hydrogen) atoms. The van der Waals surface area contributed by atoms with Crippen LogP contribution in [0.2, 0.25) is 0 Å². The summed E-state index contributed by atoms with van der Waals surface area (Å²) in [5.74, 6) is -0.738. The van der Waals surface area contributed by atoms with Crippen LogP contribution >= 0.6 is 0 Å². The number of methoxy groups -OCH3 is 1. The Morgan fingerprint density at radius 3 is 2.39 bits per heavy atom. The highest BCUT2D eigenvalue weighted by Crippen LogP contribution is 2.28. The van der Waals surface area contributed by atoms with Crippen molar-refractivity contribution >= 4 is 23.5 Å². The standard InChI is InChI=1S/C21H24N2O5/c1-14(17-5-3-4-6-18(17)28-2)13-19(24)23-16-9-7-15(8-10-16)21(27)22-12-11-20(25)26/h3-10,14H,11-13H2,1-2H3,(H,22,27)(H,23,24)(H,25,26). The Hall–Kier alpha value is -3.35. The van der Waals surface area contributed by atoms with Gasteiger partial charge in [0.2, 0.25) is 5.91 Å². The van der Waals surface area contributed by atoms with Crippen LogP contribution in [0.3, 0.4) is 0 Å². The molecule has 0 aliphatic rings. The molecule has 0 spiro atoms. The monoisotopic (exact) mass is 384 g/mol. The third-order valence-electron chi connectivity index (χ3n) is 4.22. The maximum Gasteiger partial charge on any atom is 0.305 e. The number of aliphatic carboxylic acids is 1. The summed E-state index contributed by atoms with van der Waals surface area (Å²) < 4.78 is 5.34. The van der Waals surface area contributed by atoms with E-state index < -0.39 is 5.97 Å². The van der Waals surface area contributed by atoms with Crippen molar-refractivity contribution in [3.05, 3.63) is 59.7 Å². The molecule has 0 fully saturated rings. The summed E-state index contributed by atoms with van der Waals surface area (Å²) >= 11 is 0. The van der Waals surface area contributed by atoms with Gasteiger partial charge in [-0.05, 0) is 41.8 Å². The summed E-state index contributed by atoms with van der Waals surface area (Å²) in [6, 6.07) is 14.0. The molecule has 0 saturated carbocycles. The van der Waals surface area contributed by atoms with Gasteiger partial charge in [-0.15, -0.1) is 0 Å². The number of carboxylic acid groups (broad SMARTS) is 1. The molecule has 0 heterocycles. The Balaban J connectivity index is 1.90. The van der Waals surface area contributed by atoms with Crippen molar-refractivity contribution in [2.45, 2.75) is 25.7 Å². The van der Waals surface area contributed by atoms with Crippen molar-refractivity contribution in [2.75, 3.05) is 19.0 Å². The Labute approximate surface area is 163 Å². The van der Waals surface area contributed by atoms with Crippen molar-refractivity contribution in [1.29, 1.82) is 0 Å². The fourth-order valence-corrected chi connectivity index (χ4v) is 2.76. The molecular formula is C21H24N2O5. The number of para-hydroxylation sites is 1. The Bertz CT molecular complexity index is 833. The van der Waals surface area contributed by atoms with Crippen LogP contribution in [0.25, 0.3) is 0 Å². The minimum absolute atomic E-state index is 0.0181. The van der Waals surface area contributed by atoms with E-state index >= 15 is 0 Å². The molecule has 1 unspecified atom stereocenters. The summed E-state index contributed by atoms with van der Waals surface area (Å²) in [4.78, 5) is 34.7. The van der Waals surface area contributed by atoms with E-state index in [4.69, 9.17) is 9.84 Å². The van der Waals surface area contributed by atoms with Gasteiger partial charge in [-0.3, -0.25) is 14.4 Å². The highest BCUT2D eigenvalue weighted by molar-refractivity contribution is 5.96. The lowest BCUT2D eigenvalue weighted by atomic mass is 9.96. The summed E-state index contributed by atoms with van der Waals surface area (Å²) in [6.07, 6.45) is 0.155. The first-order valence-electron chi connectivity index (χ1n) is 8.93. The zero-order chi connectivity index (χ0) is 20.5. The lowest BCUT2D eigenvalue weighted by molar-refractivity contribution is -0.136. The second-order valence-corrected chi connectivity index (χ2v) is 6.37. The summed E-state index contributed by atoms with van der Waals surface area (Å²) in [7, 11) is 1.60. The molecule has 7 nitrogen and oxygen atoms in total. The quantitative estimate of drug-likeness (QED) is 0.616. The number of benzene rings is 2. The highest BCUT2D eigenvalue weighted by atomic mass is 16.5. The molecule has 0 bridgehead atoms. The zero-order valence-corrected chi connectivity index (χ0v) is 15.9. The molecule has 0 aliphatic heterocycles. The molecule has 2 rings (SSSR count). The molecule has 2 aromatic rings. The number of hydrogen-bond acceptors (Lipinski definition) is 4. The molecule has 3 N–H and O–H groups in total. The molecule has 2 aromatic carbocycles. The average Bonchev–Trinajstić information content (AvgIpc) is 2.68. The van der Waals surface area contributed by atoms with Gasteiger partial charge in [0.15, 0.2) is 0 Å². The zero-order valence-electron chi connectivity index (χ0n) is 15.9. The summed E-state index contributed by atoms with van der Waals surface area (Å²) in [6.45, 7) is 2.02. The average molecular weight is 384 g/mol. The van der Waals surface area contributed by atoms with Crippen molar-refractivity contribution in [3.8, 4) is 5.75 Å². The SMILES string of the molecule is COc1ccccc1C(C)CC(=O)Nc1ccc(C(=O)NCCC(=O)O)cc1. The maximum atomic E-state index is 12.3. The number of carboxylic acids is 1. The fourth-order valence-electron chi connectivity index (χ4n) is 2.76. The maximum absolute atomic E-state index is 12.3. The van der Waals surface area contributed by atoms with Crippen molar-refractivity contribution in [2.24, 2.45) is 0 Å². The van der Waals surface area contributed by atoms with Crippen LogP contribution in [0.5, 0.6) is 5.75 Å². The molecule has 7 heteroatoms. The highest BCUT2D eigenvalue weighted by Gasteiger charge is 2.15. The molecule has 0 aromatic heterocycles. The third kappa shape index (κ3) is 6.12. The van der Waals surface area contributed by atoms with E-state index in [2.05, 4.69) is 10.6 Å². The van der Waals surface area contributed by atoms with Crippen molar-refractivity contribution in [1.82, 2.24) is 5.32 Å². The number of anilines is 1. The van der Waals surface area contributed by atoms with Gasteiger partial charge in [0, 0.05) is 24.2 Å².